The highest BCUT2D eigenvalue weighted by Crippen LogP contribution is 2.29. The number of nitrogens with one attached hydrogen (secondary N) is 1. The lowest BCUT2D eigenvalue weighted by molar-refractivity contribution is -0.237. The molecule has 2 rings (SSSR count). The summed E-state index contributed by atoms with van der Waals surface area (Å²) in [7, 11) is 0. The van der Waals surface area contributed by atoms with E-state index in [1.54, 1.807) is 18.2 Å². The smallest absolute Gasteiger partial charge is 0.352 e. The summed E-state index contributed by atoms with van der Waals surface area (Å²) in [5, 5.41) is 2.45. The maximum absolute atomic E-state index is 12.4. The Kier molecular flexibility index (Phi) is 12.0. The summed E-state index contributed by atoms with van der Waals surface area (Å²) in [5.41, 5.74) is -0.383. The van der Waals surface area contributed by atoms with Gasteiger partial charge in [0.25, 0.3) is 0 Å². The van der Waals surface area contributed by atoms with Gasteiger partial charge in [-0.15, -0.1) is 17.6 Å². The molecule has 0 saturated carbocycles. The van der Waals surface area contributed by atoms with Gasteiger partial charge in [-0.25, -0.2) is 4.39 Å². The molecule has 166 valence electrons. The van der Waals surface area contributed by atoms with Crippen LogP contribution in [-0.4, -0.2) is 18.6 Å². The van der Waals surface area contributed by atoms with Crippen LogP contribution in [-0.2, 0) is 22.3 Å². The molecular formula is C19H17F8NO2. The van der Waals surface area contributed by atoms with Gasteiger partial charge in [-0.3, -0.25) is 4.79 Å². The summed E-state index contributed by atoms with van der Waals surface area (Å²) >= 11 is 0. The van der Waals surface area contributed by atoms with Crippen LogP contribution < -0.4 is 5.32 Å². The molecule has 11 heteroatoms. The second-order valence-corrected chi connectivity index (χ2v) is 5.40. The van der Waals surface area contributed by atoms with E-state index < -0.39 is 18.2 Å². The summed E-state index contributed by atoms with van der Waals surface area (Å²) in [6.07, 6.45) is -9.13. The molecule has 0 atom stereocenters. The zero-order chi connectivity index (χ0) is 23.2. The lowest BCUT2D eigenvalue weighted by atomic mass is 10.1. The Morgan fingerprint density at radius 2 is 1.47 bits per heavy atom. The zero-order valence-corrected chi connectivity index (χ0v) is 15.2. The minimum Gasteiger partial charge on any atom is -0.352 e. The van der Waals surface area contributed by atoms with Crippen molar-refractivity contribution in [2.24, 2.45) is 0 Å². The first-order valence-electron chi connectivity index (χ1n) is 8.15. The maximum Gasteiger partial charge on any atom is 0.559 e. The minimum atomic E-state index is -5.50. The van der Waals surface area contributed by atoms with Crippen molar-refractivity contribution in [2.45, 2.75) is 32.0 Å². The Bertz CT molecular complexity index is 755. The third-order valence-electron chi connectivity index (χ3n) is 2.97. The van der Waals surface area contributed by atoms with Crippen LogP contribution in [0.5, 0.6) is 0 Å². The van der Waals surface area contributed by atoms with E-state index in [0.717, 1.165) is 12.1 Å². The molecule has 0 aliphatic carbocycles. The molecular weight excluding hydrogens is 426 g/mol. The quantitative estimate of drug-likeness (QED) is 0.483. The van der Waals surface area contributed by atoms with Crippen molar-refractivity contribution >= 4 is 12.2 Å². The third-order valence-corrected chi connectivity index (χ3v) is 2.97. The molecule has 0 saturated heterocycles. The third kappa shape index (κ3) is 16.0. The summed E-state index contributed by atoms with van der Waals surface area (Å²) in [6, 6.07) is 12.7. The van der Waals surface area contributed by atoms with E-state index in [9.17, 15) is 44.7 Å². The fourth-order valence-corrected chi connectivity index (χ4v) is 1.75. The van der Waals surface area contributed by atoms with Crippen LogP contribution in [0.15, 0.2) is 54.6 Å². The van der Waals surface area contributed by atoms with E-state index >= 15 is 0 Å². The fraction of sp³-hybridized carbons (Fsp3) is 0.263. The van der Waals surface area contributed by atoms with E-state index in [2.05, 4.69) is 5.32 Å². The Labute approximate surface area is 166 Å². The molecule has 0 unspecified atom stereocenters. The van der Waals surface area contributed by atoms with Gasteiger partial charge in [0.2, 0.25) is 5.91 Å². The molecule has 0 spiro atoms. The van der Waals surface area contributed by atoms with Crippen molar-refractivity contribution in [3.8, 4) is 0 Å². The van der Waals surface area contributed by atoms with Crippen molar-refractivity contribution < 1.29 is 44.7 Å². The molecule has 1 amide bonds. The molecule has 0 aliphatic heterocycles. The van der Waals surface area contributed by atoms with Gasteiger partial charge in [-0.1, -0.05) is 30.3 Å². The van der Waals surface area contributed by atoms with Crippen LogP contribution in [0.25, 0.3) is 0 Å². The molecule has 3 nitrogen and oxygen atoms in total. The zero-order valence-electron chi connectivity index (χ0n) is 15.2. The van der Waals surface area contributed by atoms with Gasteiger partial charge in [0.15, 0.2) is 0 Å². The molecule has 2 aromatic carbocycles. The summed E-state index contributed by atoms with van der Waals surface area (Å²) in [6.45, 7) is 0.0155. The number of hydrogen-bond acceptors (Lipinski definition) is 2. The van der Waals surface area contributed by atoms with Crippen molar-refractivity contribution in [3.63, 3.8) is 0 Å². The summed E-state index contributed by atoms with van der Waals surface area (Å²) in [5.74, 6) is -0.540. The molecule has 0 fully saturated rings. The first-order valence-corrected chi connectivity index (χ1v) is 8.15. The highest BCUT2D eigenvalue weighted by Gasteiger charge is 2.30. The van der Waals surface area contributed by atoms with Gasteiger partial charge in [-0.2, -0.15) is 13.2 Å². The topological polar surface area (TPSA) is 46.2 Å². The van der Waals surface area contributed by atoms with Gasteiger partial charge in [0.1, 0.15) is 12.1 Å². The predicted octanol–water partition coefficient (Wildman–Crippen LogP) is 5.60. The molecule has 1 N–H and O–H groups in total. The van der Waals surface area contributed by atoms with Crippen LogP contribution in [0.4, 0.5) is 35.1 Å². The fourth-order valence-electron chi connectivity index (χ4n) is 1.75. The number of amides is 1. The normalized spacial score (nSPS) is 10.7. The number of carbonyl (C=O) groups excluding carboxylic acids is 2. The monoisotopic (exact) mass is 443 g/mol. The first-order chi connectivity index (χ1) is 13.8. The van der Waals surface area contributed by atoms with Crippen molar-refractivity contribution in [1.82, 2.24) is 5.32 Å². The average molecular weight is 443 g/mol. The van der Waals surface area contributed by atoms with Gasteiger partial charge < -0.3 is 10.1 Å². The Hall–Kier alpha value is -2.98. The standard InChI is InChI=1S/C12H12F3NO2.C6H5F.CF4/c13-12(14,15)10-4-1-3-9(7-10)8-16-11(18)5-2-6-17;7-6-4-2-1-3-5-6;2-1(3,4)5/h1,3-4,6-7H,2,5,8H2,(H,16,18);1-5H;. The summed E-state index contributed by atoms with van der Waals surface area (Å²) in [4.78, 5) is 21.2. The number of aldehydes is 1. The lowest BCUT2D eigenvalue weighted by Crippen LogP contribution is -2.22. The molecule has 30 heavy (non-hydrogen) atoms. The second-order valence-electron chi connectivity index (χ2n) is 5.40. The van der Waals surface area contributed by atoms with Gasteiger partial charge in [0, 0.05) is 19.4 Å². The highest BCUT2D eigenvalue weighted by molar-refractivity contribution is 5.78. The number of benzene rings is 2. The van der Waals surface area contributed by atoms with Crippen LogP contribution in [0.2, 0.25) is 0 Å². The molecule has 0 heterocycles. The van der Waals surface area contributed by atoms with Gasteiger partial charge >= 0.3 is 12.6 Å². The molecule has 2 aromatic rings. The van der Waals surface area contributed by atoms with Crippen LogP contribution in [0.1, 0.15) is 24.0 Å². The van der Waals surface area contributed by atoms with Crippen molar-refractivity contribution in [1.29, 1.82) is 0 Å². The van der Waals surface area contributed by atoms with Crippen LogP contribution >= 0.6 is 0 Å². The van der Waals surface area contributed by atoms with E-state index in [1.807, 2.05) is 0 Å². The second kappa shape index (κ2) is 13.3. The van der Waals surface area contributed by atoms with Crippen LogP contribution in [0, 0.1) is 5.82 Å². The Balaban J connectivity index is 0.000000570. The van der Waals surface area contributed by atoms with Gasteiger partial charge in [-0.05, 0) is 29.8 Å². The number of rotatable bonds is 5. The predicted molar refractivity (Wildman–Crippen MR) is 92.2 cm³/mol. The van der Waals surface area contributed by atoms with Crippen LogP contribution in [0.3, 0.4) is 0 Å². The van der Waals surface area contributed by atoms with Crippen molar-refractivity contribution in [3.05, 3.63) is 71.5 Å². The van der Waals surface area contributed by atoms with E-state index in [0.29, 0.717) is 11.8 Å². The molecule has 0 aromatic heterocycles. The first kappa shape index (κ1) is 27.0. The lowest BCUT2D eigenvalue weighted by Gasteiger charge is -2.09. The maximum atomic E-state index is 12.4. The van der Waals surface area contributed by atoms with E-state index in [1.165, 1.54) is 24.3 Å². The molecule has 0 aliphatic rings. The largest absolute Gasteiger partial charge is 0.559 e. The molecule has 0 radical (unpaired) electrons. The van der Waals surface area contributed by atoms with Crippen molar-refractivity contribution in [2.75, 3.05) is 0 Å². The van der Waals surface area contributed by atoms with E-state index in [-0.39, 0.29) is 31.1 Å². The average Bonchev–Trinajstić information content (AvgIpc) is 2.64. The number of halogens is 8. The number of alkyl halides is 7. The minimum absolute atomic E-state index is 0.0155. The Morgan fingerprint density at radius 3 is 1.90 bits per heavy atom. The van der Waals surface area contributed by atoms with Gasteiger partial charge in [0.05, 0.1) is 5.56 Å². The number of hydrogen-bond donors (Lipinski definition) is 1. The highest BCUT2D eigenvalue weighted by atomic mass is 19.5. The number of carbonyl (C=O) groups is 2. The molecule has 0 bridgehead atoms. The Morgan fingerprint density at radius 1 is 0.900 bits per heavy atom. The van der Waals surface area contributed by atoms with E-state index in [4.69, 9.17) is 0 Å². The summed E-state index contributed by atoms with van der Waals surface area (Å²) < 4.78 is 87.9. The SMILES string of the molecule is FC(F)(F)F.Fc1ccccc1.O=CCCC(=O)NCc1cccc(C(F)(F)F)c1.